The molecule has 0 aliphatic heterocycles. The van der Waals surface area contributed by atoms with Crippen LogP contribution in [0.5, 0.6) is 0 Å². The van der Waals surface area contributed by atoms with E-state index in [-0.39, 0.29) is 5.92 Å². The van der Waals surface area contributed by atoms with Gasteiger partial charge in [-0.15, -0.1) is 0 Å². The zero-order valence-electron chi connectivity index (χ0n) is 7.85. The van der Waals surface area contributed by atoms with E-state index >= 15 is 0 Å². The summed E-state index contributed by atoms with van der Waals surface area (Å²) in [6.07, 6.45) is 11.8. The summed E-state index contributed by atoms with van der Waals surface area (Å²) >= 11 is 0. The van der Waals surface area contributed by atoms with Crippen LogP contribution in [0, 0.1) is 11.8 Å². The molecule has 14 heavy (non-hydrogen) atoms. The van der Waals surface area contributed by atoms with Crippen molar-refractivity contribution in [1.82, 2.24) is 5.43 Å². The molecule has 2 atom stereocenters. The standard InChI is InChI=1S/C11H14N2O/c12-13-7-9-6-10(14)5-8-3-1-2-4-11(8)9/h1-6,9,11,13-14H,7,12H2. The van der Waals surface area contributed by atoms with Crippen LogP contribution in [0.25, 0.3) is 0 Å². The van der Waals surface area contributed by atoms with Crippen molar-refractivity contribution in [2.45, 2.75) is 0 Å². The highest BCUT2D eigenvalue weighted by atomic mass is 16.3. The van der Waals surface area contributed by atoms with Gasteiger partial charge in [0.2, 0.25) is 0 Å². The summed E-state index contributed by atoms with van der Waals surface area (Å²) < 4.78 is 0. The lowest BCUT2D eigenvalue weighted by Gasteiger charge is -2.27. The van der Waals surface area contributed by atoms with E-state index in [2.05, 4.69) is 11.5 Å². The fourth-order valence-electron chi connectivity index (χ4n) is 1.97. The van der Waals surface area contributed by atoms with Crippen LogP contribution in [0.1, 0.15) is 0 Å². The molecular formula is C11H14N2O. The molecule has 3 heteroatoms. The Morgan fingerprint density at radius 3 is 3.07 bits per heavy atom. The second kappa shape index (κ2) is 3.82. The summed E-state index contributed by atoms with van der Waals surface area (Å²) in [7, 11) is 0. The lowest BCUT2D eigenvalue weighted by Crippen LogP contribution is -2.33. The predicted molar refractivity (Wildman–Crippen MR) is 56.2 cm³/mol. The maximum Gasteiger partial charge on any atom is 0.112 e. The second-order valence-electron chi connectivity index (χ2n) is 3.58. The van der Waals surface area contributed by atoms with E-state index < -0.39 is 0 Å². The van der Waals surface area contributed by atoms with Gasteiger partial charge in [0.05, 0.1) is 0 Å². The molecule has 0 aromatic carbocycles. The molecule has 0 aromatic heterocycles. The molecule has 0 heterocycles. The van der Waals surface area contributed by atoms with Gasteiger partial charge in [-0.2, -0.15) is 0 Å². The summed E-state index contributed by atoms with van der Waals surface area (Å²) in [6, 6.07) is 0. The van der Waals surface area contributed by atoms with E-state index in [1.807, 2.05) is 24.3 Å². The first kappa shape index (κ1) is 9.24. The Kier molecular flexibility index (Phi) is 2.52. The number of aliphatic hydroxyl groups excluding tert-OH is 1. The SMILES string of the molecule is NNCC1C=C(O)C=C2C=CC=CC21. The first-order chi connectivity index (χ1) is 6.81. The zero-order chi connectivity index (χ0) is 9.97. The van der Waals surface area contributed by atoms with Crippen molar-refractivity contribution in [1.29, 1.82) is 0 Å². The first-order valence-electron chi connectivity index (χ1n) is 4.72. The molecule has 0 fully saturated rings. The summed E-state index contributed by atoms with van der Waals surface area (Å²) in [4.78, 5) is 0. The Bertz CT molecular complexity index is 339. The molecule has 0 saturated carbocycles. The van der Waals surface area contributed by atoms with Crippen LogP contribution in [0.4, 0.5) is 0 Å². The molecule has 74 valence electrons. The summed E-state index contributed by atoms with van der Waals surface area (Å²) in [5, 5.41) is 9.50. The van der Waals surface area contributed by atoms with Crippen molar-refractivity contribution in [2.75, 3.05) is 6.54 Å². The number of allylic oxidation sites excluding steroid dienone is 6. The monoisotopic (exact) mass is 190 g/mol. The van der Waals surface area contributed by atoms with Crippen LogP contribution in [0.3, 0.4) is 0 Å². The lowest BCUT2D eigenvalue weighted by molar-refractivity contribution is 0.396. The molecule has 3 nitrogen and oxygen atoms in total. The highest BCUT2D eigenvalue weighted by Gasteiger charge is 2.24. The Morgan fingerprint density at radius 2 is 2.29 bits per heavy atom. The highest BCUT2D eigenvalue weighted by molar-refractivity contribution is 5.41. The summed E-state index contributed by atoms with van der Waals surface area (Å²) in [6.45, 7) is 0.671. The number of fused-ring (bicyclic) bond motifs is 1. The number of nitrogens with two attached hydrogens (primary N) is 1. The maximum atomic E-state index is 9.50. The second-order valence-corrected chi connectivity index (χ2v) is 3.58. The van der Waals surface area contributed by atoms with Crippen molar-refractivity contribution in [2.24, 2.45) is 17.7 Å². The van der Waals surface area contributed by atoms with E-state index in [0.717, 1.165) is 5.57 Å². The van der Waals surface area contributed by atoms with Gasteiger partial charge in [-0.25, -0.2) is 0 Å². The van der Waals surface area contributed by atoms with E-state index in [4.69, 9.17) is 5.84 Å². The van der Waals surface area contributed by atoms with Crippen molar-refractivity contribution in [3.05, 3.63) is 47.8 Å². The smallest absolute Gasteiger partial charge is 0.112 e. The Balaban J connectivity index is 2.26. The van der Waals surface area contributed by atoms with E-state index in [1.165, 1.54) is 0 Å². The predicted octanol–water partition coefficient (Wildman–Crippen LogP) is 1.19. The first-order valence-corrected chi connectivity index (χ1v) is 4.72. The van der Waals surface area contributed by atoms with Gasteiger partial charge in [-0.3, -0.25) is 11.3 Å². The molecule has 0 amide bonds. The normalized spacial score (nSPS) is 29.5. The Hall–Kier alpha value is -1.32. The van der Waals surface area contributed by atoms with Gasteiger partial charge in [0.25, 0.3) is 0 Å². The molecular weight excluding hydrogens is 176 g/mol. The van der Waals surface area contributed by atoms with Gasteiger partial charge in [-0.1, -0.05) is 24.3 Å². The van der Waals surface area contributed by atoms with Gasteiger partial charge in [0, 0.05) is 18.4 Å². The van der Waals surface area contributed by atoms with Gasteiger partial charge >= 0.3 is 0 Å². The Morgan fingerprint density at radius 1 is 1.43 bits per heavy atom. The average molecular weight is 190 g/mol. The number of hydrogen-bond acceptors (Lipinski definition) is 3. The molecule has 2 unspecified atom stereocenters. The fraction of sp³-hybridized carbons (Fsp3) is 0.273. The minimum atomic E-state index is 0.237. The van der Waals surface area contributed by atoms with Crippen molar-refractivity contribution < 1.29 is 5.11 Å². The molecule has 2 aliphatic rings. The molecule has 4 N–H and O–H groups in total. The largest absolute Gasteiger partial charge is 0.508 e. The lowest BCUT2D eigenvalue weighted by atomic mass is 9.79. The molecule has 0 saturated heterocycles. The number of hydrogen-bond donors (Lipinski definition) is 3. The summed E-state index contributed by atoms with van der Waals surface area (Å²) in [5.41, 5.74) is 3.80. The quantitative estimate of drug-likeness (QED) is 0.453. The van der Waals surface area contributed by atoms with Crippen LogP contribution in [-0.2, 0) is 0 Å². The van der Waals surface area contributed by atoms with Crippen LogP contribution < -0.4 is 11.3 Å². The number of aliphatic hydroxyl groups is 1. The average Bonchev–Trinajstić information content (AvgIpc) is 2.18. The number of rotatable bonds is 2. The zero-order valence-corrected chi connectivity index (χ0v) is 7.85. The Labute approximate surface area is 83.3 Å². The van der Waals surface area contributed by atoms with E-state index in [0.29, 0.717) is 18.2 Å². The van der Waals surface area contributed by atoms with Crippen LogP contribution in [0.2, 0.25) is 0 Å². The van der Waals surface area contributed by atoms with Crippen molar-refractivity contribution in [3.8, 4) is 0 Å². The number of nitrogens with one attached hydrogen (secondary N) is 1. The minimum Gasteiger partial charge on any atom is -0.508 e. The van der Waals surface area contributed by atoms with E-state index in [1.54, 1.807) is 6.08 Å². The molecule has 0 aromatic rings. The third-order valence-corrected chi connectivity index (χ3v) is 2.62. The van der Waals surface area contributed by atoms with Gasteiger partial charge in [-0.05, 0) is 17.7 Å². The molecule has 0 bridgehead atoms. The third-order valence-electron chi connectivity index (χ3n) is 2.62. The maximum absolute atomic E-state index is 9.50. The van der Waals surface area contributed by atoms with Crippen LogP contribution in [-0.4, -0.2) is 11.7 Å². The molecule has 0 spiro atoms. The minimum absolute atomic E-state index is 0.237. The number of hydrazine groups is 1. The van der Waals surface area contributed by atoms with Crippen LogP contribution in [0.15, 0.2) is 47.8 Å². The highest BCUT2D eigenvalue weighted by Crippen LogP contribution is 2.32. The van der Waals surface area contributed by atoms with Gasteiger partial charge in [0.1, 0.15) is 5.76 Å². The van der Waals surface area contributed by atoms with Crippen molar-refractivity contribution in [3.63, 3.8) is 0 Å². The third kappa shape index (κ3) is 1.64. The molecule has 2 aliphatic carbocycles. The molecule has 2 rings (SSSR count). The van der Waals surface area contributed by atoms with Gasteiger partial charge in [0.15, 0.2) is 0 Å². The fourth-order valence-corrected chi connectivity index (χ4v) is 1.97. The van der Waals surface area contributed by atoms with Gasteiger partial charge < -0.3 is 5.11 Å². The molecule has 0 radical (unpaired) electrons. The summed E-state index contributed by atoms with van der Waals surface area (Å²) in [5.74, 6) is 6.21. The van der Waals surface area contributed by atoms with E-state index in [9.17, 15) is 5.11 Å². The van der Waals surface area contributed by atoms with Crippen LogP contribution >= 0.6 is 0 Å². The topological polar surface area (TPSA) is 58.3 Å². The van der Waals surface area contributed by atoms with Crippen molar-refractivity contribution >= 4 is 0 Å².